The highest BCUT2D eigenvalue weighted by molar-refractivity contribution is 6.10. The van der Waals surface area contributed by atoms with Gasteiger partial charge in [0.2, 0.25) is 0 Å². The van der Waals surface area contributed by atoms with Crippen LogP contribution in [0.2, 0.25) is 0 Å². The summed E-state index contributed by atoms with van der Waals surface area (Å²) in [6.07, 6.45) is 3.87. The number of aryl methyl sites for hydroxylation is 2. The fourth-order valence-corrected chi connectivity index (χ4v) is 4.40. The molecule has 3 aromatic rings. The van der Waals surface area contributed by atoms with Crippen LogP contribution in [0.25, 0.3) is 0 Å². The van der Waals surface area contributed by atoms with Crippen LogP contribution in [0.15, 0.2) is 84.4 Å². The van der Waals surface area contributed by atoms with E-state index in [9.17, 15) is 9.18 Å². The van der Waals surface area contributed by atoms with Gasteiger partial charge in [-0.3, -0.25) is 4.79 Å². The van der Waals surface area contributed by atoms with Crippen molar-refractivity contribution in [3.8, 4) is 0 Å². The number of halogens is 1. The van der Waals surface area contributed by atoms with Gasteiger partial charge in [-0.1, -0.05) is 73.2 Å². The second kappa shape index (κ2) is 8.16. The van der Waals surface area contributed by atoms with E-state index in [1.165, 1.54) is 23.3 Å². The van der Waals surface area contributed by atoms with Crippen molar-refractivity contribution in [3.05, 3.63) is 118 Å². The Morgan fingerprint density at radius 2 is 1.76 bits per heavy atom. The standard InChI is InChI=1S/C27H25FO/c1-3-19-8-4-5-10-24(19)25-16-22(20-11-13-23(28)14-12-20)17-26(25)27(29)21-9-6-7-18(2)15-21/h4-15,17,22,25H,3,16H2,1-2H3. The van der Waals surface area contributed by atoms with Crippen LogP contribution in [0, 0.1) is 12.7 Å². The minimum absolute atomic E-state index is 0.0502. The molecular weight excluding hydrogens is 359 g/mol. The third-order valence-electron chi connectivity index (χ3n) is 5.90. The number of hydrogen-bond acceptors (Lipinski definition) is 1. The van der Waals surface area contributed by atoms with Gasteiger partial charge in [-0.25, -0.2) is 4.39 Å². The summed E-state index contributed by atoms with van der Waals surface area (Å²) in [7, 11) is 0. The van der Waals surface area contributed by atoms with Crippen LogP contribution in [-0.4, -0.2) is 5.78 Å². The SMILES string of the molecule is CCc1ccccc1C1CC(c2ccc(F)cc2)C=C1C(=O)c1cccc(C)c1. The van der Waals surface area contributed by atoms with Gasteiger partial charge in [-0.15, -0.1) is 0 Å². The van der Waals surface area contributed by atoms with E-state index in [0.29, 0.717) is 0 Å². The van der Waals surface area contributed by atoms with Crippen molar-refractivity contribution >= 4 is 5.78 Å². The van der Waals surface area contributed by atoms with E-state index in [0.717, 1.165) is 35.1 Å². The number of benzene rings is 3. The highest BCUT2D eigenvalue weighted by atomic mass is 19.1. The lowest BCUT2D eigenvalue weighted by molar-refractivity contribution is 0.102. The molecule has 1 nitrogen and oxygen atoms in total. The first-order valence-corrected chi connectivity index (χ1v) is 10.2. The van der Waals surface area contributed by atoms with E-state index < -0.39 is 0 Å². The molecule has 0 saturated carbocycles. The summed E-state index contributed by atoms with van der Waals surface area (Å²) in [6.45, 7) is 4.15. The smallest absolute Gasteiger partial charge is 0.189 e. The molecule has 0 N–H and O–H groups in total. The van der Waals surface area contributed by atoms with Crippen LogP contribution >= 0.6 is 0 Å². The number of rotatable bonds is 5. The molecule has 0 bridgehead atoms. The maximum absolute atomic E-state index is 13.5. The van der Waals surface area contributed by atoms with Gasteiger partial charge in [0.1, 0.15) is 5.82 Å². The lowest BCUT2D eigenvalue weighted by atomic mass is 9.84. The van der Waals surface area contributed by atoms with E-state index in [1.807, 2.05) is 43.3 Å². The Morgan fingerprint density at radius 1 is 1.00 bits per heavy atom. The summed E-state index contributed by atoms with van der Waals surface area (Å²) < 4.78 is 13.4. The van der Waals surface area contributed by atoms with Gasteiger partial charge >= 0.3 is 0 Å². The molecule has 1 aliphatic rings. The van der Waals surface area contributed by atoms with E-state index in [1.54, 1.807) is 0 Å². The third kappa shape index (κ3) is 3.93. The van der Waals surface area contributed by atoms with Gasteiger partial charge < -0.3 is 0 Å². The van der Waals surface area contributed by atoms with Crippen molar-refractivity contribution in [2.75, 3.05) is 0 Å². The van der Waals surface area contributed by atoms with Crippen LogP contribution in [-0.2, 0) is 6.42 Å². The molecule has 3 aromatic carbocycles. The zero-order chi connectivity index (χ0) is 20.4. The maximum atomic E-state index is 13.5. The van der Waals surface area contributed by atoms with E-state index >= 15 is 0 Å². The first-order valence-electron chi connectivity index (χ1n) is 10.2. The largest absolute Gasteiger partial charge is 0.289 e. The summed E-state index contributed by atoms with van der Waals surface area (Å²) in [4.78, 5) is 13.5. The number of carbonyl (C=O) groups is 1. The molecule has 0 aliphatic heterocycles. The molecule has 4 rings (SSSR count). The topological polar surface area (TPSA) is 17.1 Å². The molecular formula is C27H25FO. The van der Waals surface area contributed by atoms with Crippen LogP contribution in [0.4, 0.5) is 4.39 Å². The number of carbonyl (C=O) groups excluding carboxylic acids is 1. The number of allylic oxidation sites excluding steroid dienone is 2. The Kier molecular flexibility index (Phi) is 5.44. The van der Waals surface area contributed by atoms with Crippen molar-refractivity contribution in [1.29, 1.82) is 0 Å². The molecule has 2 atom stereocenters. The van der Waals surface area contributed by atoms with Gasteiger partial charge in [-0.2, -0.15) is 0 Å². The molecule has 2 heteroatoms. The molecule has 29 heavy (non-hydrogen) atoms. The highest BCUT2D eigenvalue weighted by Gasteiger charge is 2.33. The lowest BCUT2D eigenvalue weighted by Gasteiger charge is -2.19. The summed E-state index contributed by atoms with van der Waals surface area (Å²) in [5, 5.41) is 0. The molecule has 0 fully saturated rings. The van der Waals surface area contributed by atoms with Crippen molar-refractivity contribution in [2.24, 2.45) is 0 Å². The highest BCUT2D eigenvalue weighted by Crippen LogP contribution is 2.45. The Bertz CT molecular complexity index is 1060. The van der Waals surface area contributed by atoms with E-state index in [2.05, 4.69) is 37.3 Å². The Labute approximate surface area is 171 Å². The van der Waals surface area contributed by atoms with Crippen LogP contribution < -0.4 is 0 Å². The quantitative estimate of drug-likeness (QED) is 0.443. The minimum atomic E-state index is -0.236. The molecule has 0 aromatic heterocycles. The zero-order valence-corrected chi connectivity index (χ0v) is 16.9. The van der Waals surface area contributed by atoms with Crippen molar-refractivity contribution in [3.63, 3.8) is 0 Å². The molecule has 0 radical (unpaired) electrons. The first-order chi connectivity index (χ1) is 14.1. The average molecular weight is 384 g/mol. The van der Waals surface area contributed by atoms with Crippen LogP contribution in [0.1, 0.15) is 57.8 Å². The van der Waals surface area contributed by atoms with Crippen molar-refractivity contribution in [1.82, 2.24) is 0 Å². The van der Waals surface area contributed by atoms with E-state index in [4.69, 9.17) is 0 Å². The minimum Gasteiger partial charge on any atom is -0.289 e. The maximum Gasteiger partial charge on any atom is 0.189 e. The monoisotopic (exact) mass is 384 g/mol. The summed E-state index contributed by atoms with van der Waals surface area (Å²) in [5.41, 5.74) is 6.22. The van der Waals surface area contributed by atoms with Gasteiger partial charge in [0.25, 0.3) is 0 Å². The summed E-state index contributed by atoms with van der Waals surface area (Å²) >= 11 is 0. The number of hydrogen-bond donors (Lipinski definition) is 0. The van der Waals surface area contributed by atoms with Crippen LogP contribution in [0.5, 0.6) is 0 Å². The first kappa shape index (κ1) is 19.3. The Morgan fingerprint density at radius 3 is 2.48 bits per heavy atom. The Balaban J connectivity index is 1.78. The van der Waals surface area contributed by atoms with Gasteiger partial charge in [-0.05, 0) is 54.7 Å². The lowest BCUT2D eigenvalue weighted by Crippen LogP contribution is -2.11. The molecule has 146 valence electrons. The third-order valence-corrected chi connectivity index (χ3v) is 5.90. The van der Waals surface area contributed by atoms with Crippen molar-refractivity contribution < 1.29 is 9.18 Å². The molecule has 0 amide bonds. The molecule has 2 unspecified atom stereocenters. The fourth-order valence-electron chi connectivity index (χ4n) is 4.40. The number of ketones is 1. The molecule has 0 spiro atoms. The zero-order valence-electron chi connectivity index (χ0n) is 16.9. The normalized spacial score (nSPS) is 18.5. The predicted octanol–water partition coefficient (Wildman–Crippen LogP) is 6.78. The van der Waals surface area contributed by atoms with Crippen LogP contribution in [0.3, 0.4) is 0 Å². The molecule has 0 saturated heterocycles. The predicted molar refractivity (Wildman–Crippen MR) is 116 cm³/mol. The van der Waals surface area contributed by atoms with Crippen molar-refractivity contribution in [2.45, 2.75) is 38.5 Å². The number of Topliss-reactive ketones (excluding diaryl/α,β-unsaturated/α-hetero) is 1. The summed E-state index contributed by atoms with van der Waals surface area (Å²) in [5.74, 6) is 0.0115. The second-order valence-electron chi connectivity index (χ2n) is 7.82. The molecule has 0 heterocycles. The second-order valence-corrected chi connectivity index (χ2v) is 7.82. The van der Waals surface area contributed by atoms with E-state index in [-0.39, 0.29) is 23.4 Å². The summed E-state index contributed by atoms with van der Waals surface area (Å²) in [6, 6.07) is 22.9. The average Bonchev–Trinajstić information content (AvgIpc) is 3.19. The van der Waals surface area contributed by atoms with Gasteiger partial charge in [0.05, 0.1) is 0 Å². The molecule has 1 aliphatic carbocycles. The fraction of sp³-hybridized carbons (Fsp3) is 0.222. The van der Waals surface area contributed by atoms with Gasteiger partial charge in [0.15, 0.2) is 5.78 Å². The Hall–Kier alpha value is -3.00. The van der Waals surface area contributed by atoms with Gasteiger partial charge in [0, 0.05) is 23.0 Å².